The number of carbonyl (C=O) groups is 13. The predicted molar refractivity (Wildman–Crippen MR) is 522 cm³/mol. The van der Waals surface area contributed by atoms with Crippen LogP contribution < -0.4 is 0 Å². The van der Waals surface area contributed by atoms with Crippen LogP contribution in [-0.4, -0.2) is 173 Å². The van der Waals surface area contributed by atoms with E-state index in [9.17, 15) is 62.3 Å². The lowest BCUT2D eigenvalue weighted by Gasteiger charge is -2.48. The lowest BCUT2D eigenvalue weighted by molar-refractivity contribution is -0.221. The van der Waals surface area contributed by atoms with Crippen molar-refractivity contribution in [2.24, 2.45) is 145 Å². The molecule has 0 spiro atoms. The number of hydrogen-bond acceptors (Lipinski definition) is 27. The summed E-state index contributed by atoms with van der Waals surface area (Å²) in [6.45, 7) is 41.5. The van der Waals surface area contributed by atoms with E-state index < -0.39 is 69.5 Å². The Bertz CT molecular complexity index is 3720. The van der Waals surface area contributed by atoms with Crippen molar-refractivity contribution in [3.63, 3.8) is 0 Å². The number of ether oxygens (including phenoxy) is 14. The van der Waals surface area contributed by atoms with E-state index in [1.165, 1.54) is 66.3 Å². The van der Waals surface area contributed by atoms with Crippen molar-refractivity contribution in [1.29, 1.82) is 0 Å². The van der Waals surface area contributed by atoms with Gasteiger partial charge < -0.3 is 66.3 Å². The molecule has 784 valence electrons. The molecule has 14 bridgehead atoms. The molecule has 0 aromatic heterocycles. The highest BCUT2D eigenvalue weighted by Crippen LogP contribution is 2.71. The van der Waals surface area contributed by atoms with Gasteiger partial charge in [0.1, 0.15) is 42.2 Å². The van der Waals surface area contributed by atoms with E-state index in [0.717, 1.165) is 99.9 Å². The zero-order chi connectivity index (χ0) is 90.3. The number of hydrogen-bond donors (Lipinski definition) is 0. The molecule has 20 aliphatic rings. The zero-order valence-corrected chi connectivity index (χ0v) is 77.5. The summed E-state index contributed by atoms with van der Waals surface area (Å²) in [6.07, 6.45) is 17.7. The van der Waals surface area contributed by atoms with E-state index in [-0.39, 0.29) is 244 Å². The summed E-state index contributed by atoms with van der Waals surface area (Å²) in [5.74, 6) is 4.31. The monoisotopic (exact) mass is 1910 g/mol. The molecule has 27 heteroatoms. The molecule has 20 fully saturated rings. The maximum atomic E-state index is 12.4. The average Bonchev–Trinajstić information content (AvgIpc) is 1.53. The molecule has 0 N–H and O–H groups in total. The Morgan fingerprint density at radius 3 is 1.24 bits per heavy atom. The van der Waals surface area contributed by atoms with Gasteiger partial charge >= 0.3 is 77.6 Å². The second-order valence-corrected chi connectivity index (χ2v) is 41.6. The van der Waals surface area contributed by atoms with E-state index in [2.05, 4.69) is 9.47 Å². The Hall–Kier alpha value is -6.93. The standard InChI is InChI=1S/C16H22O6.C14H20O4.C14H22O4.C14H18O2.C13H18O5.C8H12O2.2C7H14O2.C2H6.12CH4/c1-5-16(2,3)15(19)22-12-7-6-8-10(9(7)13(17)20-4)14(18)21-11(8)12;1-4-14(2,3)13(16)18-11-8-5-7-6-9(8)12(15)17-10(7)11;1-5-13(2,3)12(16)17-10-8-9-6-7-14(10,4)18-11(9)15;15-14-13-9-4-8(10(13)5-16-14)11-6-1-2-7(3-6)12(9)11;1-4-13(2,3)12(15)18-9-7-5-6-8(16-7)10(9)17-11(6)14;9-8-7-4-2-1-3-6(7)5-10-8;2*1-5-7(2,3)6(8)9-4;1-2;;;;;;;;;;;;/h7-12H,5-6H2,1-4H3;7-11H,4-6H2,1-3H3;9-10H,5-8H2,1-4H3;6-13H,1-5H2;6-10H,4-5H2,1-3H3;6-7H,1-5H2;2*5H2,1-4H3;1-2H3;12*1H4. The normalized spacial score (nSPS) is 34.3. The van der Waals surface area contributed by atoms with Crippen LogP contribution in [0.1, 0.15) is 369 Å². The smallest absolute Gasteiger partial charge is 0.312 e. The Morgan fingerprint density at radius 2 is 0.784 bits per heavy atom. The van der Waals surface area contributed by atoms with Crippen molar-refractivity contribution in [2.45, 2.75) is 430 Å². The van der Waals surface area contributed by atoms with Gasteiger partial charge in [-0.25, -0.2) is 0 Å². The lowest BCUT2D eigenvalue weighted by Crippen LogP contribution is -2.57. The van der Waals surface area contributed by atoms with Crippen molar-refractivity contribution in [1.82, 2.24) is 0 Å². The van der Waals surface area contributed by atoms with Crippen LogP contribution in [0.15, 0.2) is 0 Å². The second-order valence-electron chi connectivity index (χ2n) is 41.6. The minimum atomic E-state index is -0.620. The van der Waals surface area contributed by atoms with Crippen LogP contribution in [0.4, 0.5) is 0 Å². The zero-order valence-electron chi connectivity index (χ0n) is 77.5. The Labute approximate surface area is 811 Å². The molecule has 29 unspecified atom stereocenters. The fourth-order valence-corrected chi connectivity index (χ4v) is 22.2. The summed E-state index contributed by atoms with van der Waals surface area (Å²) in [5.41, 5.74) is -3.27. The molecule has 0 radical (unpaired) electrons. The van der Waals surface area contributed by atoms with E-state index >= 15 is 0 Å². The van der Waals surface area contributed by atoms with Crippen LogP contribution in [0, 0.1) is 145 Å². The number of carbonyl (C=O) groups excluding carboxylic acids is 13. The number of fused-ring (bicyclic) bond motifs is 19. The maximum absolute atomic E-state index is 12.4. The second kappa shape index (κ2) is 51.8. The van der Waals surface area contributed by atoms with E-state index in [0.29, 0.717) is 62.4 Å². The van der Waals surface area contributed by atoms with Gasteiger partial charge in [0.25, 0.3) is 0 Å². The number of methoxy groups -OCH3 is 3. The molecule has 10 saturated heterocycles. The van der Waals surface area contributed by atoms with E-state index in [4.69, 9.17) is 56.8 Å². The fourth-order valence-electron chi connectivity index (χ4n) is 22.2. The summed E-state index contributed by atoms with van der Waals surface area (Å²) >= 11 is 0. The SMILES string of the molecule is C.C.C.C.C.C.C.C.C.C.C.C.CC.CCC(C)(C)C(=O)OC.CCC(C)(C)C(=O)OC.CCC(C)(C)C(=O)OC1C2CC3C(=O)OC1C3O2.CCC(C)(C)C(=O)OC1C2CC3C1OC(=O)C3C2C(=O)OC.CCC(C)(C)C(=O)OC1C2CC3CC2C(=O)OC31.CCC(C)(C)C(=O)OC1CC2CCC1(C)OC2=O.O=C1OCC2C3CC(C12)C1C2CCC(C2)C31.O=C1OCC2CCCCC12. The highest BCUT2D eigenvalue weighted by atomic mass is 16.7. The Kier molecular flexibility index (Phi) is 50.7. The first kappa shape index (κ1) is 131. The predicted octanol–water partition coefficient (Wildman–Crippen LogP) is 22.0. The molecule has 10 saturated carbocycles. The van der Waals surface area contributed by atoms with Crippen molar-refractivity contribution >= 4 is 77.6 Å². The van der Waals surface area contributed by atoms with Gasteiger partial charge in [0, 0.05) is 41.9 Å². The quantitative estimate of drug-likeness (QED) is 0.0741. The van der Waals surface area contributed by atoms with Crippen LogP contribution in [0.2, 0.25) is 0 Å². The first-order chi connectivity index (χ1) is 57.3. The molecule has 134 heavy (non-hydrogen) atoms. The number of esters is 13. The van der Waals surface area contributed by atoms with Crippen LogP contribution >= 0.6 is 0 Å². The fraction of sp³-hybridized carbons (Fsp3) is 0.879. The van der Waals surface area contributed by atoms with E-state index in [1.807, 2.05) is 145 Å². The Morgan fingerprint density at radius 1 is 0.351 bits per heavy atom. The van der Waals surface area contributed by atoms with Crippen LogP contribution in [-0.2, 0) is 129 Å². The van der Waals surface area contributed by atoms with Crippen molar-refractivity contribution in [2.75, 3.05) is 34.5 Å². The van der Waals surface area contributed by atoms with Crippen molar-refractivity contribution < 1.29 is 129 Å². The molecule has 29 atom stereocenters. The van der Waals surface area contributed by atoms with Crippen molar-refractivity contribution in [3.05, 3.63) is 0 Å². The van der Waals surface area contributed by atoms with Crippen LogP contribution in [0.3, 0.4) is 0 Å². The van der Waals surface area contributed by atoms with Gasteiger partial charge in [-0.05, 0) is 241 Å². The van der Waals surface area contributed by atoms with Crippen molar-refractivity contribution in [3.8, 4) is 0 Å². The molecule has 10 aliphatic carbocycles. The molecule has 10 heterocycles. The van der Waals surface area contributed by atoms with Crippen LogP contribution in [0.5, 0.6) is 0 Å². The van der Waals surface area contributed by atoms with Gasteiger partial charge in [0.05, 0.1) is 115 Å². The summed E-state index contributed by atoms with van der Waals surface area (Å²) in [6, 6.07) is 0. The number of rotatable bonds is 17. The first-order valence-corrected chi connectivity index (χ1v) is 46.2. The van der Waals surface area contributed by atoms with Gasteiger partial charge in [-0.3, -0.25) is 62.3 Å². The molecule has 20 rings (SSSR count). The third-order valence-corrected chi connectivity index (χ3v) is 32.4. The molecule has 10 aliphatic heterocycles. The highest BCUT2D eigenvalue weighted by molar-refractivity contribution is 5.87. The minimum absolute atomic E-state index is 0. The van der Waals surface area contributed by atoms with E-state index in [1.54, 1.807) is 0 Å². The average molecular weight is 1910 g/mol. The first-order valence-electron chi connectivity index (χ1n) is 46.2. The molecule has 0 aromatic rings. The van der Waals surface area contributed by atoms with Gasteiger partial charge in [0.2, 0.25) is 0 Å². The third kappa shape index (κ3) is 26.0. The Balaban J connectivity index is -0.00000146. The third-order valence-electron chi connectivity index (χ3n) is 32.4. The molecule has 27 nitrogen and oxygen atoms in total. The summed E-state index contributed by atoms with van der Waals surface area (Å²) in [5, 5.41) is 0. The van der Waals surface area contributed by atoms with Gasteiger partial charge in [-0.1, -0.05) is 157 Å². The molecular formula is C107H194O27. The molecule has 0 aromatic carbocycles. The minimum Gasteiger partial charge on any atom is -0.469 e. The highest BCUT2D eigenvalue weighted by Gasteiger charge is 2.72. The van der Waals surface area contributed by atoms with Gasteiger partial charge in [0.15, 0.2) is 12.2 Å². The maximum Gasteiger partial charge on any atom is 0.312 e. The molecular weight excluding hydrogens is 1720 g/mol. The topological polar surface area (TPSA) is 351 Å². The summed E-state index contributed by atoms with van der Waals surface area (Å²) < 4.78 is 73.9. The van der Waals surface area contributed by atoms with Gasteiger partial charge in [-0.2, -0.15) is 0 Å². The van der Waals surface area contributed by atoms with Crippen LogP contribution in [0.25, 0.3) is 0 Å². The molecule has 0 amide bonds. The lowest BCUT2D eigenvalue weighted by atomic mass is 9.64. The summed E-state index contributed by atoms with van der Waals surface area (Å²) in [4.78, 5) is 152. The largest absolute Gasteiger partial charge is 0.469 e. The van der Waals surface area contributed by atoms with Gasteiger partial charge in [-0.15, -0.1) is 0 Å². The summed E-state index contributed by atoms with van der Waals surface area (Å²) in [7, 11) is 4.15. The number of cyclic esters (lactones) is 2.